The second-order valence-electron chi connectivity index (χ2n) is 2.97. The van der Waals surface area contributed by atoms with E-state index in [4.69, 9.17) is 5.73 Å². The predicted octanol–water partition coefficient (Wildman–Crippen LogP) is 1.27. The largest absolute Gasteiger partial charge is 0.329 e. The van der Waals surface area contributed by atoms with Crippen molar-refractivity contribution in [2.75, 3.05) is 6.54 Å². The average molecular weight is 177 g/mol. The summed E-state index contributed by atoms with van der Waals surface area (Å²) in [5.41, 5.74) is 5.41. The Balaban J connectivity index is 3.81. The first-order valence-corrected chi connectivity index (χ1v) is 5.50. The molecule has 0 aliphatic carbocycles. The van der Waals surface area contributed by atoms with Crippen LogP contribution in [0, 0.1) is 0 Å². The van der Waals surface area contributed by atoms with Gasteiger partial charge < -0.3 is 5.73 Å². The molecule has 0 fully saturated rings. The fraction of sp³-hybridized carbons (Fsp3) is 1.00. The van der Waals surface area contributed by atoms with E-state index in [-0.39, 0.29) is 5.25 Å². The summed E-state index contributed by atoms with van der Waals surface area (Å²) in [7, 11) is -0.734. The number of nitrogens with two attached hydrogens (primary N) is 1. The van der Waals surface area contributed by atoms with Crippen molar-refractivity contribution in [1.29, 1.82) is 0 Å². The Morgan fingerprint density at radius 3 is 2.27 bits per heavy atom. The van der Waals surface area contributed by atoms with E-state index in [9.17, 15) is 4.21 Å². The van der Waals surface area contributed by atoms with Gasteiger partial charge in [0.15, 0.2) is 0 Å². The Morgan fingerprint density at radius 2 is 1.91 bits per heavy atom. The Bertz CT molecular complexity index is 127. The minimum absolute atomic E-state index is 0.150. The van der Waals surface area contributed by atoms with E-state index in [0.717, 1.165) is 12.8 Å². The summed E-state index contributed by atoms with van der Waals surface area (Å²) in [6, 6.07) is 0. The summed E-state index contributed by atoms with van der Waals surface area (Å²) in [4.78, 5) is 0. The first kappa shape index (κ1) is 11.1. The van der Waals surface area contributed by atoms with Crippen LogP contribution in [0.3, 0.4) is 0 Å². The molecule has 0 heterocycles. The van der Waals surface area contributed by atoms with E-state index < -0.39 is 10.8 Å². The molecule has 0 bridgehead atoms. The molecule has 68 valence electrons. The standard InChI is InChI=1S/C8H19NOS/c1-4-5-7(2)11(10)8(3)6-9/h7-8H,4-6,9H2,1-3H3. The SMILES string of the molecule is CCCC(C)S(=O)C(C)CN. The van der Waals surface area contributed by atoms with Crippen LogP contribution in [0.5, 0.6) is 0 Å². The molecule has 0 rings (SSSR count). The second-order valence-corrected chi connectivity index (χ2v) is 5.24. The molecule has 3 heteroatoms. The van der Waals surface area contributed by atoms with Crippen LogP contribution >= 0.6 is 0 Å². The molecular weight excluding hydrogens is 158 g/mol. The zero-order valence-corrected chi connectivity index (χ0v) is 8.49. The molecule has 0 saturated heterocycles. The van der Waals surface area contributed by atoms with E-state index >= 15 is 0 Å². The quantitative estimate of drug-likeness (QED) is 0.687. The summed E-state index contributed by atoms with van der Waals surface area (Å²) < 4.78 is 11.5. The van der Waals surface area contributed by atoms with Crippen LogP contribution in [0.15, 0.2) is 0 Å². The summed E-state index contributed by atoms with van der Waals surface area (Å²) in [5, 5.41) is 0.454. The van der Waals surface area contributed by atoms with Crippen LogP contribution in [0.25, 0.3) is 0 Å². The highest BCUT2D eigenvalue weighted by Gasteiger charge is 2.15. The molecule has 0 aliphatic rings. The summed E-state index contributed by atoms with van der Waals surface area (Å²) in [5.74, 6) is 0. The smallest absolute Gasteiger partial charge is 0.0444 e. The van der Waals surface area contributed by atoms with Crippen molar-refractivity contribution in [1.82, 2.24) is 0 Å². The minimum atomic E-state index is -0.734. The van der Waals surface area contributed by atoms with Gasteiger partial charge in [-0.05, 0) is 13.3 Å². The highest BCUT2D eigenvalue weighted by Crippen LogP contribution is 2.08. The molecule has 0 aromatic heterocycles. The van der Waals surface area contributed by atoms with Crippen molar-refractivity contribution < 1.29 is 4.21 Å². The maximum atomic E-state index is 11.5. The van der Waals surface area contributed by atoms with Gasteiger partial charge in [-0.25, -0.2) is 0 Å². The summed E-state index contributed by atoms with van der Waals surface area (Å²) >= 11 is 0. The van der Waals surface area contributed by atoms with Crippen molar-refractivity contribution in [3.8, 4) is 0 Å². The molecule has 0 amide bonds. The first-order chi connectivity index (χ1) is 5.13. The van der Waals surface area contributed by atoms with Crippen molar-refractivity contribution in [2.24, 2.45) is 5.73 Å². The molecule has 2 N–H and O–H groups in total. The fourth-order valence-electron chi connectivity index (χ4n) is 1.01. The van der Waals surface area contributed by atoms with Crippen LogP contribution in [0.1, 0.15) is 33.6 Å². The lowest BCUT2D eigenvalue weighted by atomic mass is 10.3. The lowest BCUT2D eigenvalue weighted by Gasteiger charge is -2.14. The molecule has 0 aromatic rings. The third kappa shape index (κ3) is 3.87. The van der Waals surface area contributed by atoms with Gasteiger partial charge in [0.25, 0.3) is 0 Å². The molecule has 0 radical (unpaired) electrons. The number of rotatable bonds is 5. The highest BCUT2D eigenvalue weighted by atomic mass is 32.2. The van der Waals surface area contributed by atoms with Gasteiger partial charge in [0.2, 0.25) is 0 Å². The van der Waals surface area contributed by atoms with Gasteiger partial charge in [-0.15, -0.1) is 0 Å². The molecule has 0 aliphatic heterocycles. The highest BCUT2D eigenvalue weighted by molar-refractivity contribution is 7.86. The zero-order chi connectivity index (χ0) is 8.85. The van der Waals surface area contributed by atoms with E-state index in [1.54, 1.807) is 0 Å². The summed E-state index contributed by atoms with van der Waals surface area (Å²) in [6.07, 6.45) is 2.14. The van der Waals surface area contributed by atoms with Crippen LogP contribution in [-0.4, -0.2) is 21.3 Å². The molecular formula is C8H19NOS. The van der Waals surface area contributed by atoms with Gasteiger partial charge in [-0.1, -0.05) is 20.3 Å². The van der Waals surface area contributed by atoms with Gasteiger partial charge in [-0.3, -0.25) is 4.21 Å². The van der Waals surface area contributed by atoms with Crippen LogP contribution < -0.4 is 5.73 Å². The van der Waals surface area contributed by atoms with Crippen molar-refractivity contribution in [3.05, 3.63) is 0 Å². The van der Waals surface area contributed by atoms with Gasteiger partial charge in [0, 0.05) is 27.8 Å². The topological polar surface area (TPSA) is 43.1 Å². The Hall–Kier alpha value is 0.110. The van der Waals surface area contributed by atoms with Crippen molar-refractivity contribution in [3.63, 3.8) is 0 Å². The van der Waals surface area contributed by atoms with Gasteiger partial charge >= 0.3 is 0 Å². The number of hydrogen-bond donors (Lipinski definition) is 1. The zero-order valence-electron chi connectivity index (χ0n) is 7.67. The van der Waals surface area contributed by atoms with Crippen LogP contribution in [-0.2, 0) is 10.8 Å². The van der Waals surface area contributed by atoms with E-state index in [0.29, 0.717) is 11.8 Å². The minimum Gasteiger partial charge on any atom is -0.329 e. The molecule has 0 spiro atoms. The van der Waals surface area contributed by atoms with Gasteiger partial charge in [0.05, 0.1) is 0 Å². The maximum Gasteiger partial charge on any atom is 0.0444 e. The number of hydrogen-bond acceptors (Lipinski definition) is 2. The van der Waals surface area contributed by atoms with Gasteiger partial charge in [-0.2, -0.15) is 0 Å². The van der Waals surface area contributed by atoms with Crippen molar-refractivity contribution >= 4 is 10.8 Å². The second kappa shape index (κ2) is 5.72. The lowest BCUT2D eigenvalue weighted by molar-refractivity contribution is 0.651. The monoisotopic (exact) mass is 177 g/mol. The Labute approximate surface area is 72.0 Å². The van der Waals surface area contributed by atoms with E-state index in [1.807, 2.05) is 13.8 Å². The van der Waals surface area contributed by atoms with E-state index in [2.05, 4.69) is 6.92 Å². The van der Waals surface area contributed by atoms with Gasteiger partial charge in [0.1, 0.15) is 0 Å². The third-order valence-corrected chi connectivity index (χ3v) is 3.83. The first-order valence-electron chi connectivity index (χ1n) is 4.22. The Morgan fingerprint density at radius 1 is 1.36 bits per heavy atom. The molecule has 0 saturated carbocycles. The van der Waals surface area contributed by atoms with Crippen LogP contribution in [0.4, 0.5) is 0 Å². The predicted molar refractivity (Wildman–Crippen MR) is 51.0 cm³/mol. The molecule has 3 atom stereocenters. The fourth-order valence-corrected chi connectivity index (χ4v) is 2.46. The van der Waals surface area contributed by atoms with Crippen molar-refractivity contribution in [2.45, 2.75) is 44.1 Å². The van der Waals surface area contributed by atoms with Crippen LogP contribution in [0.2, 0.25) is 0 Å². The lowest BCUT2D eigenvalue weighted by Crippen LogP contribution is -2.28. The normalized spacial score (nSPS) is 19.3. The van der Waals surface area contributed by atoms with E-state index in [1.165, 1.54) is 0 Å². The average Bonchev–Trinajstić information content (AvgIpc) is 2.02. The summed E-state index contributed by atoms with van der Waals surface area (Å²) in [6.45, 7) is 6.62. The molecule has 2 nitrogen and oxygen atoms in total. The molecule has 3 unspecified atom stereocenters. The maximum absolute atomic E-state index is 11.5. The molecule has 0 aromatic carbocycles. The molecule has 11 heavy (non-hydrogen) atoms. The third-order valence-electron chi connectivity index (χ3n) is 1.82. The Kier molecular flexibility index (Phi) is 5.78.